The van der Waals surface area contributed by atoms with Gasteiger partial charge < -0.3 is 9.88 Å². The van der Waals surface area contributed by atoms with E-state index in [0.29, 0.717) is 6.42 Å². The number of rotatable bonds is 5. The number of aromatic amines is 1. The first-order valence-corrected chi connectivity index (χ1v) is 9.98. The lowest BCUT2D eigenvalue weighted by Gasteiger charge is -2.25. The van der Waals surface area contributed by atoms with Crippen LogP contribution in [0.15, 0.2) is 53.0 Å². The maximum absolute atomic E-state index is 12.8. The van der Waals surface area contributed by atoms with Crippen LogP contribution in [-0.4, -0.2) is 27.3 Å². The van der Waals surface area contributed by atoms with Crippen molar-refractivity contribution in [3.63, 3.8) is 0 Å². The molecular weight excluding hydrogens is 390 g/mol. The first kappa shape index (κ1) is 17.3. The van der Waals surface area contributed by atoms with Gasteiger partial charge in [0.05, 0.1) is 17.1 Å². The molecule has 1 atom stereocenters. The summed E-state index contributed by atoms with van der Waals surface area (Å²) in [7, 11) is 0. The Morgan fingerprint density at radius 1 is 1.23 bits per heavy atom. The van der Waals surface area contributed by atoms with E-state index < -0.39 is 0 Å². The van der Waals surface area contributed by atoms with Gasteiger partial charge in [0.25, 0.3) is 0 Å². The molecule has 2 heterocycles. The van der Waals surface area contributed by atoms with Gasteiger partial charge in [-0.3, -0.25) is 4.79 Å². The van der Waals surface area contributed by atoms with Crippen LogP contribution in [0.5, 0.6) is 0 Å². The largest absolute Gasteiger partial charge is 0.342 e. The molecule has 0 unspecified atom stereocenters. The zero-order chi connectivity index (χ0) is 17.9. The molecule has 1 N–H and O–H groups in total. The van der Waals surface area contributed by atoms with E-state index in [1.165, 1.54) is 5.56 Å². The number of imidazole rings is 1. The third-order valence-corrected chi connectivity index (χ3v) is 5.54. The van der Waals surface area contributed by atoms with Gasteiger partial charge in [-0.1, -0.05) is 40.2 Å². The highest BCUT2D eigenvalue weighted by Gasteiger charge is 2.29. The summed E-state index contributed by atoms with van der Waals surface area (Å²) in [5, 5.41) is 0. The van der Waals surface area contributed by atoms with Crippen molar-refractivity contribution >= 4 is 32.9 Å². The number of para-hydroxylation sites is 2. The van der Waals surface area contributed by atoms with Crippen LogP contribution >= 0.6 is 15.9 Å². The van der Waals surface area contributed by atoms with Crippen LogP contribution in [0.25, 0.3) is 11.0 Å². The van der Waals surface area contributed by atoms with Crippen LogP contribution in [-0.2, 0) is 11.2 Å². The average Bonchev–Trinajstić information content (AvgIpc) is 3.28. The fraction of sp³-hybridized carbons (Fsp3) is 0.333. The quantitative estimate of drug-likeness (QED) is 0.640. The van der Waals surface area contributed by atoms with Crippen molar-refractivity contribution in [2.45, 2.75) is 38.1 Å². The molecule has 3 aromatic rings. The van der Waals surface area contributed by atoms with E-state index in [1.807, 2.05) is 36.4 Å². The predicted molar refractivity (Wildman–Crippen MR) is 107 cm³/mol. The highest BCUT2D eigenvalue weighted by molar-refractivity contribution is 9.10. The Labute approximate surface area is 161 Å². The van der Waals surface area contributed by atoms with Crippen molar-refractivity contribution in [3.8, 4) is 0 Å². The number of benzene rings is 2. The van der Waals surface area contributed by atoms with Gasteiger partial charge >= 0.3 is 0 Å². The van der Waals surface area contributed by atoms with Gasteiger partial charge in [-0.15, -0.1) is 0 Å². The molecule has 4 nitrogen and oxygen atoms in total. The molecule has 0 saturated carbocycles. The fourth-order valence-corrected chi connectivity index (χ4v) is 4.22. The number of aromatic nitrogens is 2. The van der Waals surface area contributed by atoms with Gasteiger partial charge in [0.15, 0.2) is 0 Å². The fourth-order valence-electron chi connectivity index (χ4n) is 3.80. The lowest BCUT2D eigenvalue weighted by Crippen LogP contribution is -2.30. The molecule has 0 spiro atoms. The van der Waals surface area contributed by atoms with E-state index in [1.54, 1.807) is 0 Å². The molecule has 1 fully saturated rings. The van der Waals surface area contributed by atoms with Crippen molar-refractivity contribution in [2.24, 2.45) is 0 Å². The minimum absolute atomic E-state index is 0.214. The van der Waals surface area contributed by atoms with Crippen molar-refractivity contribution in [3.05, 3.63) is 64.4 Å². The number of likely N-dealkylation sites (tertiary alicyclic amines) is 1. The summed E-state index contributed by atoms with van der Waals surface area (Å²) in [5.74, 6) is 1.22. The Kier molecular flexibility index (Phi) is 5.07. The van der Waals surface area contributed by atoms with Crippen molar-refractivity contribution < 1.29 is 4.79 Å². The van der Waals surface area contributed by atoms with E-state index in [2.05, 4.69) is 42.9 Å². The summed E-state index contributed by atoms with van der Waals surface area (Å²) in [6.45, 7) is 0.862. The maximum atomic E-state index is 12.8. The normalized spacial score (nSPS) is 17.1. The first-order valence-electron chi connectivity index (χ1n) is 9.19. The second-order valence-corrected chi connectivity index (χ2v) is 7.77. The Morgan fingerprint density at radius 3 is 2.96 bits per heavy atom. The maximum Gasteiger partial charge on any atom is 0.223 e. The number of H-pyrrole nitrogens is 1. The molecule has 0 aliphatic carbocycles. The van der Waals surface area contributed by atoms with Gasteiger partial charge in [0.1, 0.15) is 5.82 Å². The monoisotopic (exact) mass is 411 g/mol. The topological polar surface area (TPSA) is 49.0 Å². The second-order valence-electron chi connectivity index (χ2n) is 6.85. The molecule has 1 aliphatic rings. The SMILES string of the molecule is O=C(CCCc1nc2ccccc2[nH]1)N1CCC[C@@H]1c1cccc(Br)c1. The molecule has 1 saturated heterocycles. The van der Waals surface area contributed by atoms with Crippen LogP contribution in [0.2, 0.25) is 0 Å². The van der Waals surface area contributed by atoms with Crippen LogP contribution in [0.4, 0.5) is 0 Å². The number of fused-ring (bicyclic) bond motifs is 1. The molecule has 4 rings (SSSR count). The number of nitrogens with one attached hydrogen (secondary N) is 1. The third-order valence-electron chi connectivity index (χ3n) is 5.05. The molecule has 5 heteroatoms. The summed E-state index contributed by atoms with van der Waals surface area (Å²) in [5.41, 5.74) is 3.27. The van der Waals surface area contributed by atoms with Crippen LogP contribution in [0, 0.1) is 0 Å². The van der Waals surface area contributed by atoms with Crippen LogP contribution in [0.1, 0.15) is 43.1 Å². The molecule has 134 valence electrons. The lowest BCUT2D eigenvalue weighted by molar-refractivity contribution is -0.132. The predicted octanol–water partition coefficient (Wildman–Crippen LogP) is 5.01. The summed E-state index contributed by atoms with van der Waals surface area (Å²) in [6.07, 6.45) is 4.32. The number of nitrogens with zero attached hydrogens (tertiary/aromatic N) is 2. The molecule has 26 heavy (non-hydrogen) atoms. The zero-order valence-electron chi connectivity index (χ0n) is 14.6. The number of aryl methyl sites for hydroxylation is 1. The molecule has 1 amide bonds. The Bertz CT molecular complexity index is 887. The van der Waals surface area contributed by atoms with E-state index in [-0.39, 0.29) is 11.9 Å². The van der Waals surface area contributed by atoms with Gasteiger partial charge in [-0.05, 0) is 49.1 Å². The number of carbonyl (C=O) groups excluding carboxylic acids is 1. The minimum Gasteiger partial charge on any atom is -0.342 e. The van der Waals surface area contributed by atoms with Gasteiger partial charge in [-0.25, -0.2) is 4.98 Å². The average molecular weight is 412 g/mol. The van der Waals surface area contributed by atoms with Gasteiger partial charge in [0, 0.05) is 23.9 Å². The Hall–Kier alpha value is -2.14. The number of hydrogen-bond donors (Lipinski definition) is 1. The summed E-state index contributed by atoms with van der Waals surface area (Å²) in [4.78, 5) is 22.7. The molecule has 0 radical (unpaired) electrons. The van der Waals surface area contributed by atoms with Crippen molar-refractivity contribution in [2.75, 3.05) is 6.54 Å². The Balaban J connectivity index is 1.36. The number of carbonyl (C=O) groups is 1. The highest BCUT2D eigenvalue weighted by Crippen LogP contribution is 2.33. The summed E-state index contributed by atoms with van der Waals surface area (Å²) >= 11 is 3.53. The van der Waals surface area contributed by atoms with E-state index in [0.717, 1.165) is 53.6 Å². The smallest absolute Gasteiger partial charge is 0.223 e. The highest BCUT2D eigenvalue weighted by atomic mass is 79.9. The number of amides is 1. The molecule has 0 bridgehead atoms. The van der Waals surface area contributed by atoms with Crippen LogP contribution in [0.3, 0.4) is 0 Å². The van der Waals surface area contributed by atoms with E-state index >= 15 is 0 Å². The van der Waals surface area contributed by atoms with Crippen molar-refractivity contribution in [1.82, 2.24) is 14.9 Å². The zero-order valence-corrected chi connectivity index (χ0v) is 16.2. The first-order chi connectivity index (χ1) is 12.7. The standard InChI is InChI=1S/C21H22BrN3O/c22-16-7-3-6-15(14-16)19-10-5-13-25(19)21(26)12-4-11-20-23-17-8-1-2-9-18(17)24-20/h1-3,6-9,14,19H,4-5,10-13H2,(H,23,24)/t19-/m1/s1. The molecule has 2 aromatic carbocycles. The van der Waals surface area contributed by atoms with E-state index in [9.17, 15) is 4.79 Å². The third kappa shape index (κ3) is 3.68. The minimum atomic E-state index is 0.214. The second kappa shape index (κ2) is 7.62. The van der Waals surface area contributed by atoms with Crippen LogP contribution < -0.4 is 0 Å². The summed E-state index contributed by atoms with van der Waals surface area (Å²) < 4.78 is 1.07. The van der Waals surface area contributed by atoms with Gasteiger partial charge in [0.2, 0.25) is 5.91 Å². The van der Waals surface area contributed by atoms with E-state index in [4.69, 9.17) is 0 Å². The van der Waals surface area contributed by atoms with Crippen molar-refractivity contribution in [1.29, 1.82) is 0 Å². The molecule has 1 aromatic heterocycles. The Morgan fingerprint density at radius 2 is 2.12 bits per heavy atom. The van der Waals surface area contributed by atoms with Gasteiger partial charge in [-0.2, -0.15) is 0 Å². The molecular formula is C21H22BrN3O. The number of halogens is 1. The number of hydrogen-bond acceptors (Lipinski definition) is 2. The summed E-state index contributed by atoms with van der Waals surface area (Å²) in [6, 6.07) is 16.6. The molecule has 1 aliphatic heterocycles. The lowest BCUT2D eigenvalue weighted by atomic mass is 10.0.